The van der Waals surface area contributed by atoms with Gasteiger partial charge in [0.2, 0.25) is 0 Å². The average Bonchev–Trinajstić information content (AvgIpc) is 3.37. The smallest absolute Gasteiger partial charge is 0.271 e. The van der Waals surface area contributed by atoms with Crippen LogP contribution in [0.15, 0.2) is 112 Å². The zero-order valence-electron chi connectivity index (χ0n) is 25.6. The van der Waals surface area contributed by atoms with Crippen LogP contribution in [0.25, 0.3) is 6.08 Å². The van der Waals surface area contributed by atoms with Gasteiger partial charge in [0.25, 0.3) is 11.5 Å². The van der Waals surface area contributed by atoms with Crippen molar-refractivity contribution < 1.29 is 19.0 Å². The third-order valence-corrected chi connectivity index (χ3v) is 9.59. The van der Waals surface area contributed by atoms with E-state index >= 15 is 0 Å². The van der Waals surface area contributed by atoms with Crippen LogP contribution in [0.5, 0.6) is 17.2 Å². The number of nitrogens with zero attached hydrogens (tertiary/aromatic N) is 2. The molecule has 2 heterocycles. The number of anilines is 1. The van der Waals surface area contributed by atoms with E-state index in [1.54, 1.807) is 25.7 Å². The molecule has 0 saturated carbocycles. The van der Waals surface area contributed by atoms with Gasteiger partial charge in [0.05, 0.1) is 39.6 Å². The van der Waals surface area contributed by atoms with Gasteiger partial charge in [-0.3, -0.25) is 14.2 Å². The Morgan fingerprint density at radius 3 is 2.51 bits per heavy atom. The monoisotopic (exact) mass is 777 g/mol. The third-order valence-electron chi connectivity index (χ3n) is 7.55. The van der Waals surface area contributed by atoms with Crippen molar-refractivity contribution in [3.05, 3.63) is 147 Å². The lowest BCUT2D eigenvalue weighted by molar-refractivity contribution is -0.113. The summed E-state index contributed by atoms with van der Waals surface area (Å²) in [6, 6.07) is 27.1. The van der Waals surface area contributed by atoms with Crippen molar-refractivity contribution in [2.75, 3.05) is 19.5 Å². The number of rotatable bonds is 9. The maximum Gasteiger partial charge on any atom is 0.271 e. The Bertz CT molecular complexity index is 2180. The second-order valence-electron chi connectivity index (χ2n) is 10.6. The summed E-state index contributed by atoms with van der Waals surface area (Å²) in [5, 5.41) is 3.63. The van der Waals surface area contributed by atoms with Crippen LogP contribution < -0.4 is 34.4 Å². The Morgan fingerprint density at radius 1 is 1.02 bits per heavy atom. The number of halogens is 2. The molecule has 1 aliphatic heterocycles. The fourth-order valence-electron chi connectivity index (χ4n) is 5.31. The van der Waals surface area contributed by atoms with E-state index in [9.17, 15) is 9.59 Å². The van der Waals surface area contributed by atoms with Crippen molar-refractivity contribution in [2.45, 2.75) is 19.6 Å². The van der Waals surface area contributed by atoms with E-state index in [0.717, 1.165) is 20.3 Å². The molecule has 1 atom stereocenters. The summed E-state index contributed by atoms with van der Waals surface area (Å²) in [6.45, 7) is 2.13. The summed E-state index contributed by atoms with van der Waals surface area (Å²) in [5.41, 5.74) is 3.72. The minimum absolute atomic E-state index is 0.267. The molecular formula is C36H29ClIN3O5S. The standard InChI is InChI=1S/C36H29ClIN3O5S/c1-21-31(34(42)40-26-9-5-4-6-10-26)32(24-8-7-11-27(19-24)44-2)41-35(43)30(47-36(41)39-21)18-23-16-28(38)33(29(17-23)45-3)46-20-22-12-14-25(37)15-13-22/h4-19,32H,20H2,1-3H3,(H,40,42)/b30-18-/t32-/m1/s1. The molecule has 5 aromatic rings. The minimum atomic E-state index is -0.731. The predicted molar refractivity (Wildman–Crippen MR) is 193 cm³/mol. The van der Waals surface area contributed by atoms with Crippen molar-refractivity contribution in [2.24, 2.45) is 4.99 Å². The van der Waals surface area contributed by atoms with Gasteiger partial charge in [-0.15, -0.1) is 0 Å². The first-order chi connectivity index (χ1) is 22.7. The molecule has 0 spiro atoms. The van der Waals surface area contributed by atoms with E-state index in [-0.39, 0.29) is 11.5 Å². The second kappa shape index (κ2) is 14.2. The molecule has 4 aromatic carbocycles. The molecular weight excluding hydrogens is 749 g/mol. The Hall–Kier alpha value is -4.39. The van der Waals surface area contributed by atoms with E-state index in [4.69, 9.17) is 30.8 Å². The molecule has 0 aliphatic carbocycles. The molecule has 1 amide bonds. The molecule has 0 fully saturated rings. The summed E-state index contributed by atoms with van der Waals surface area (Å²) in [4.78, 5) is 33.3. The quantitative estimate of drug-likeness (QED) is 0.168. The number of carbonyl (C=O) groups excluding carboxylic acids is 1. The number of methoxy groups -OCH3 is 2. The van der Waals surface area contributed by atoms with E-state index in [2.05, 4.69) is 27.9 Å². The first kappa shape index (κ1) is 32.5. The SMILES string of the molecule is COc1cccc([C@@H]2C(C(=O)Nc3ccccc3)=C(C)N=c3s/c(=C\c4cc(I)c(OCc5ccc(Cl)cc5)c(OC)c4)c(=O)n32)c1. The van der Waals surface area contributed by atoms with Crippen LogP contribution in [-0.4, -0.2) is 24.7 Å². The number of hydrogen-bond acceptors (Lipinski definition) is 7. The number of thiazole rings is 1. The lowest BCUT2D eigenvalue weighted by atomic mass is 9.95. The highest BCUT2D eigenvalue weighted by atomic mass is 127. The maximum atomic E-state index is 14.2. The number of hydrogen-bond donors (Lipinski definition) is 1. The highest BCUT2D eigenvalue weighted by Gasteiger charge is 2.33. The number of para-hydroxylation sites is 1. The Morgan fingerprint density at radius 2 is 1.79 bits per heavy atom. The molecule has 0 bridgehead atoms. The van der Waals surface area contributed by atoms with Crippen LogP contribution in [0.1, 0.15) is 29.7 Å². The van der Waals surface area contributed by atoms with E-state index < -0.39 is 6.04 Å². The first-order valence-electron chi connectivity index (χ1n) is 14.5. The molecule has 238 valence electrons. The molecule has 0 radical (unpaired) electrons. The predicted octanol–water partition coefficient (Wildman–Crippen LogP) is 6.73. The molecule has 0 unspecified atom stereocenters. The molecule has 1 N–H and O–H groups in total. The van der Waals surface area contributed by atoms with Gasteiger partial charge in [0.15, 0.2) is 16.3 Å². The fraction of sp³-hybridized carbons (Fsp3) is 0.139. The zero-order valence-corrected chi connectivity index (χ0v) is 29.4. The second-order valence-corrected chi connectivity index (χ2v) is 13.2. The van der Waals surface area contributed by atoms with Crippen molar-refractivity contribution in [3.63, 3.8) is 0 Å². The Kier molecular flexibility index (Phi) is 9.81. The average molecular weight is 778 g/mol. The van der Waals surface area contributed by atoms with Crippen LogP contribution in [-0.2, 0) is 11.4 Å². The number of aromatic nitrogens is 1. The topological polar surface area (TPSA) is 91.2 Å². The largest absolute Gasteiger partial charge is 0.497 e. The minimum Gasteiger partial charge on any atom is -0.497 e. The van der Waals surface area contributed by atoms with Gasteiger partial charge >= 0.3 is 0 Å². The number of ether oxygens (including phenoxy) is 3. The van der Waals surface area contributed by atoms with Gasteiger partial charge in [-0.05, 0) is 101 Å². The summed E-state index contributed by atoms with van der Waals surface area (Å²) >= 11 is 9.49. The molecule has 0 saturated heterocycles. The molecule has 11 heteroatoms. The van der Waals surface area contributed by atoms with Crippen LogP contribution in [0.4, 0.5) is 5.69 Å². The fourth-order valence-corrected chi connectivity index (χ4v) is 7.26. The van der Waals surface area contributed by atoms with Gasteiger partial charge < -0.3 is 19.5 Å². The molecule has 1 aromatic heterocycles. The Labute approximate surface area is 293 Å². The summed E-state index contributed by atoms with van der Waals surface area (Å²) in [5.74, 6) is 1.41. The van der Waals surface area contributed by atoms with Crippen molar-refractivity contribution >= 4 is 63.2 Å². The van der Waals surface area contributed by atoms with E-state index in [1.165, 1.54) is 11.3 Å². The molecule has 1 aliphatic rings. The summed E-state index contributed by atoms with van der Waals surface area (Å²) in [6.07, 6.45) is 1.81. The number of fused-ring (bicyclic) bond motifs is 1. The number of nitrogens with one attached hydrogen (secondary N) is 1. The molecule has 47 heavy (non-hydrogen) atoms. The maximum absolute atomic E-state index is 14.2. The molecule has 8 nitrogen and oxygen atoms in total. The van der Waals surface area contributed by atoms with Crippen LogP contribution in [0.3, 0.4) is 0 Å². The van der Waals surface area contributed by atoms with Gasteiger partial charge in [-0.1, -0.05) is 65.4 Å². The van der Waals surface area contributed by atoms with Gasteiger partial charge in [-0.25, -0.2) is 4.99 Å². The van der Waals surface area contributed by atoms with E-state index in [0.29, 0.717) is 55.2 Å². The van der Waals surface area contributed by atoms with Crippen molar-refractivity contribution in [1.82, 2.24) is 4.57 Å². The summed E-state index contributed by atoms with van der Waals surface area (Å²) < 4.78 is 20.2. The van der Waals surface area contributed by atoms with Crippen LogP contribution in [0.2, 0.25) is 5.02 Å². The Balaban J connectivity index is 1.41. The lowest BCUT2D eigenvalue weighted by Gasteiger charge is -2.25. The van der Waals surface area contributed by atoms with Gasteiger partial charge in [-0.2, -0.15) is 0 Å². The normalized spacial score (nSPS) is 14.3. The van der Waals surface area contributed by atoms with Crippen molar-refractivity contribution in [1.29, 1.82) is 0 Å². The van der Waals surface area contributed by atoms with Crippen molar-refractivity contribution in [3.8, 4) is 17.2 Å². The zero-order chi connectivity index (χ0) is 33.1. The van der Waals surface area contributed by atoms with E-state index in [1.807, 2.05) is 97.1 Å². The number of allylic oxidation sites excluding steroid dienone is 1. The number of carbonyl (C=O) groups is 1. The lowest BCUT2D eigenvalue weighted by Crippen LogP contribution is -2.40. The molecule has 6 rings (SSSR count). The number of amides is 1. The highest BCUT2D eigenvalue weighted by molar-refractivity contribution is 14.1. The third kappa shape index (κ3) is 6.99. The number of benzene rings is 4. The summed E-state index contributed by atoms with van der Waals surface area (Å²) in [7, 11) is 3.16. The van der Waals surface area contributed by atoms with Gasteiger partial charge in [0, 0.05) is 10.7 Å². The van der Waals surface area contributed by atoms with Gasteiger partial charge in [0.1, 0.15) is 12.4 Å². The first-order valence-corrected chi connectivity index (χ1v) is 16.8. The highest BCUT2D eigenvalue weighted by Crippen LogP contribution is 2.35. The van der Waals surface area contributed by atoms with Crippen LogP contribution >= 0.6 is 45.5 Å². The van der Waals surface area contributed by atoms with Crippen LogP contribution in [0, 0.1) is 3.57 Å².